The average Bonchev–Trinajstić information content (AvgIpc) is 3.02. The fourth-order valence-corrected chi connectivity index (χ4v) is 5.53. The van der Waals surface area contributed by atoms with E-state index < -0.39 is 0 Å². The van der Waals surface area contributed by atoms with E-state index in [1.807, 2.05) is 79.7 Å². The van der Waals surface area contributed by atoms with Gasteiger partial charge in [-0.3, -0.25) is 9.59 Å². The summed E-state index contributed by atoms with van der Waals surface area (Å²) in [6.07, 6.45) is 0. The van der Waals surface area contributed by atoms with E-state index in [0.29, 0.717) is 41.5 Å². The van der Waals surface area contributed by atoms with Crippen molar-refractivity contribution in [2.75, 3.05) is 11.5 Å². The fourth-order valence-electron chi connectivity index (χ4n) is 4.26. The first-order valence-corrected chi connectivity index (χ1v) is 13.2. The van der Waals surface area contributed by atoms with E-state index in [-0.39, 0.29) is 11.8 Å². The third-order valence-corrected chi connectivity index (χ3v) is 7.41. The molecule has 1 N–H and O–H groups in total. The number of carbonyl (C=O) groups is 2. The lowest BCUT2D eigenvalue weighted by Gasteiger charge is -2.24. The van der Waals surface area contributed by atoms with Crippen LogP contribution in [0.5, 0.6) is 5.75 Å². The minimum absolute atomic E-state index is 0.120. The molecule has 5 rings (SSSR count). The molecule has 0 fully saturated rings. The number of para-hydroxylation sites is 1. The number of halogens is 1. The molecule has 0 spiro atoms. The van der Waals surface area contributed by atoms with E-state index >= 15 is 0 Å². The number of carbonyl (C=O) groups excluding carboxylic acids is 2. The molecule has 0 radical (unpaired) electrons. The molecule has 0 bridgehead atoms. The second kappa shape index (κ2) is 11.1. The molecule has 4 aromatic carbocycles. The molecule has 4 aromatic rings. The third-order valence-electron chi connectivity index (χ3n) is 6.04. The second-order valence-electron chi connectivity index (χ2n) is 8.53. The number of rotatable bonds is 7. The van der Waals surface area contributed by atoms with Crippen molar-refractivity contribution in [1.29, 1.82) is 0 Å². The molecular formula is C30H25ClN2O3S. The van der Waals surface area contributed by atoms with Gasteiger partial charge in [0.2, 0.25) is 0 Å². The molecule has 37 heavy (non-hydrogen) atoms. The summed E-state index contributed by atoms with van der Waals surface area (Å²) < 4.78 is 5.68. The van der Waals surface area contributed by atoms with Gasteiger partial charge in [-0.25, -0.2) is 0 Å². The van der Waals surface area contributed by atoms with E-state index in [9.17, 15) is 9.59 Å². The number of nitrogens with one attached hydrogen (secondary N) is 1. The van der Waals surface area contributed by atoms with Crippen LogP contribution in [0.2, 0.25) is 5.02 Å². The Morgan fingerprint density at radius 3 is 2.59 bits per heavy atom. The van der Waals surface area contributed by atoms with Crippen LogP contribution in [-0.2, 0) is 13.1 Å². The largest absolute Gasteiger partial charge is 0.494 e. The number of nitrogens with zero attached hydrogens (tertiary/aromatic N) is 1. The Morgan fingerprint density at radius 2 is 1.76 bits per heavy atom. The quantitative estimate of drug-likeness (QED) is 0.281. The van der Waals surface area contributed by atoms with Crippen molar-refractivity contribution in [2.45, 2.75) is 29.8 Å². The zero-order valence-corrected chi connectivity index (χ0v) is 21.8. The van der Waals surface area contributed by atoms with Crippen LogP contribution in [0.15, 0.2) is 101 Å². The van der Waals surface area contributed by atoms with Gasteiger partial charge in [0, 0.05) is 32.5 Å². The SMILES string of the molecule is CCOc1ccccc1CNC(=O)c1ccc2c(c1)N(Cc1cccc(Cl)c1)C(=O)c1ccccc1S2. The highest BCUT2D eigenvalue weighted by atomic mass is 35.5. The van der Waals surface area contributed by atoms with Gasteiger partial charge in [0.25, 0.3) is 11.8 Å². The second-order valence-corrected chi connectivity index (χ2v) is 10.0. The fraction of sp³-hybridized carbons (Fsp3) is 0.133. The van der Waals surface area contributed by atoms with Crippen molar-refractivity contribution in [3.8, 4) is 5.75 Å². The van der Waals surface area contributed by atoms with E-state index in [4.69, 9.17) is 16.3 Å². The lowest BCUT2D eigenvalue weighted by atomic mass is 10.1. The summed E-state index contributed by atoms with van der Waals surface area (Å²) in [6, 6.07) is 28.2. The molecule has 0 aromatic heterocycles. The summed E-state index contributed by atoms with van der Waals surface area (Å²) in [5.74, 6) is 0.403. The number of hydrogen-bond acceptors (Lipinski definition) is 4. The van der Waals surface area contributed by atoms with E-state index in [1.54, 1.807) is 23.1 Å². The summed E-state index contributed by atoms with van der Waals surface area (Å²) in [6.45, 7) is 3.13. The smallest absolute Gasteiger partial charge is 0.259 e. The van der Waals surface area contributed by atoms with Gasteiger partial charge in [-0.1, -0.05) is 65.8 Å². The topological polar surface area (TPSA) is 58.6 Å². The van der Waals surface area contributed by atoms with Crippen LogP contribution in [0.4, 0.5) is 5.69 Å². The first-order valence-electron chi connectivity index (χ1n) is 12.0. The van der Waals surface area contributed by atoms with Crippen molar-refractivity contribution in [3.05, 3.63) is 118 Å². The standard InChI is InChI=1S/C30H25ClN2O3S/c1-2-36-26-12-5-3-9-22(26)18-32-29(34)21-14-15-28-25(17-21)33(19-20-8-7-10-23(31)16-20)30(35)24-11-4-6-13-27(24)37-28/h3-17H,2,18-19H2,1H3,(H,32,34). The average molecular weight is 529 g/mol. The number of benzene rings is 4. The van der Waals surface area contributed by atoms with Gasteiger partial charge in [-0.15, -0.1) is 0 Å². The van der Waals surface area contributed by atoms with Crippen LogP contribution in [0.3, 0.4) is 0 Å². The number of ether oxygens (including phenoxy) is 1. The Bertz CT molecular complexity index is 1470. The molecule has 0 unspecified atom stereocenters. The first-order chi connectivity index (χ1) is 18.0. The molecule has 1 aliphatic rings. The van der Waals surface area contributed by atoms with Crippen LogP contribution < -0.4 is 15.0 Å². The molecule has 0 saturated heterocycles. The Hall–Kier alpha value is -3.74. The van der Waals surface area contributed by atoms with Crippen molar-refractivity contribution in [3.63, 3.8) is 0 Å². The molecule has 0 atom stereocenters. The minimum Gasteiger partial charge on any atom is -0.494 e. The predicted molar refractivity (Wildman–Crippen MR) is 148 cm³/mol. The number of fused-ring (bicyclic) bond motifs is 2. The first kappa shape index (κ1) is 24.9. The molecule has 0 saturated carbocycles. The van der Waals surface area contributed by atoms with Crippen molar-refractivity contribution in [1.82, 2.24) is 5.32 Å². The van der Waals surface area contributed by atoms with Gasteiger partial charge >= 0.3 is 0 Å². The summed E-state index contributed by atoms with van der Waals surface area (Å²) in [4.78, 5) is 30.4. The van der Waals surface area contributed by atoms with Gasteiger partial charge < -0.3 is 15.0 Å². The highest BCUT2D eigenvalue weighted by molar-refractivity contribution is 7.99. The van der Waals surface area contributed by atoms with E-state index in [1.165, 1.54) is 11.8 Å². The Kier molecular flexibility index (Phi) is 7.49. The zero-order chi connectivity index (χ0) is 25.8. The van der Waals surface area contributed by atoms with Crippen LogP contribution in [0.25, 0.3) is 0 Å². The normalized spacial score (nSPS) is 12.4. The van der Waals surface area contributed by atoms with Gasteiger partial charge in [0.1, 0.15) is 5.75 Å². The number of hydrogen-bond donors (Lipinski definition) is 1. The highest BCUT2D eigenvalue weighted by Gasteiger charge is 2.28. The number of anilines is 1. The molecular weight excluding hydrogens is 504 g/mol. The molecule has 5 nitrogen and oxygen atoms in total. The maximum atomic E-state index is 13.7. The Morgan fingerprint density at radius 1 is 0.946 bits per heavy atom. The van der Waals surface area contributed by atoms with Crippen molar-refractivity contribution < 1.29 is 14.3 Å². The van der Waals surface area contributed by atoms with Crippen LogP contribution in [-0.4, -0.2) is 18.4 Å². The Labute approximate surface area is 225 Å². The van der Waals surface area contributed by atoms with Crippen molar-refractivity contribution in [2.24, 2.45) is 0 Å². The minimum atomic E-state index is -0.226. The van der Waals surface area contributed by atoms with Gasteiger partial charge in [0.15, 0.2) is 0 Å². The summed E-state index contributed by atoms with van der Waals surface area (Å²) in [7, 11) is 0. The maximum Gasteiger partial charge on any atom is 0.259 e. The van der Waals surface area contributed by atoms with Gasteiger partial charge in [-0.2, -0.15) is 0 Å². The third kappa shape index (κ3) is 5.50. The molecule has 2 amide bonds. The Balaban J connectivity index is 1.47. The number of amides is 2. The summed E-state index contributed by atoms with van der Waals surface area (Å²) in [5, 5.41) is 3.60. The summed E-state index contributed by atoms with van der Waals surface area (Å²) >= 11 is 7.75. The lowest BCUT2D eigenvalue weighted by Crippen LogP contribution is -2.31. The predicted octanol–water partition coefficient (Wildman–Crippen LogP) is 6.98. The maximum absolute atomic E-state index is 13.7. The van der Waals surface area contributed by atoms with E-state index in [2.05, 4.69) is 5.32 Å². The van der Waals surface area contributed by atoms with E-state index in [0.717, 1.165) is 26.7 Å². The van der Waals surface area contributed by atoms with Crippen LogP contribution in [0, 0.1) is 0 Å². The molecule has 1 heterocycles. The highest BCUT2D eigenvalue weighted by Crippen LogP contribution is 2.42. The molecule has 1 aliphatic heterocycles. The molecule has 7 heteroatoms. The molecule has 186 valence electrons. The van der Waals surface area contributed by atoms with Gasteiger partial charge in [0.05, 0.1) is 24.4 Å². The monoisotopic (exact) mass is 528 g/mol. The van der Waals surface area contributed by atoms with Crippen LogP contribution >= 0.6 is 23.4 Å². The zero-order valence-electron chi connectivity index (χ0n) is 20.2. The lowest BCUT2D eigenvalue weighted by molar-refractivity contribution is 0.0947. The van der Waals surface area contributed by atoms with Crippen molar-refractivity contribution >= 4 is 40.9 Å². The molecule has 0 aliphatic carbocycles. The summed E-state index contributed by atoms with van der Waals surface area (Å²) in [5.41, 5.74) is 3.59. The van der Waals surface area contributed by atoms with Crippen LogP contribution in [0.1, 0.15) is 38.8 Å². The van der Waals surface area contributed by atoms with Gasteiger partial charge in [-0.05, 0) is 61.0 Å².